The second-order valence-electron chi connectivity index (χ2n) is 7.06. The van der Waals surface area contributed by atoms with Gasteiger partial charge in [0.15, 0.2) is 6.10 Å². The third kappa shape index (κ3) is 5.25. The van der Waals surface area contributed by atoms with E-state index in [1.54, 1.807) is 0 Å². The summed E-state index contributed by atoms with van der Waals surface area (Å²) in [4.78, 5) is 12.5. The van der Waals surface area contributed by atoms with E-state index in [9.17, 15) is 4.79 Å². The van der Waals surface area contributed by atoms with Gasteiger partial charge in [0, 0.05) is 0 Å². The molecule has 0 heterocycles. The topological polar surface area (TPSA) is 47.6 Å². The normalized spacial score (nSPS) is 14.1. The van der Waals surface area contributed by atoms with Crippen molar-refractivity contribution in [2.24, 2.45) is 0 Å². The first-order valence-electron chi connectivity index (χ1n) is 9.92. The fraction of sp³-hybridized carbons (Fsp3) is 0.435. The predicted octanol–water partition coefficient (Wildman–Crippen LogP) is 4.23. The molecule has 2 aromatic rings. The van der Waals surface area contributed by atoms with E-state index in [2.05, 4.69) is 17.4 Å². The van der Waals surface area contributed by atoms with E-state index >= 15 is 0 Å². The number of carbonyl (C=O) groups is 1. The lowest BCUT2D eigenvalue weighted by atomic mass is 9.92. The quantitative estimate of drug-likeness (QED) is 0.711. The summed E-state index contributed by atoms with van der Waals surface area (Å²) < 4.78 is 11.7. The van der Waals surface area contributed by atoms with Crippen LogP contribution in [0.25, 0.3) is 0 Å². The van der Waals surface area contributed by atoms with Gasteiger partial charge in [-0.25, -0.2) is 0 Å². The summed E-state index contributed by atoms with van der Waals surface area (Å²) in [5.41, 5.74) is 3.87. The predicted molar refractivity (Wildman–Crippen MR) is 107 cm³/mol. The monoisotopic (exact) mass is 367 g/mol. The Kier molecular flexibility index (Phi) is 6.74. The number of amides is 1. The van der Waals surface area contributed by atoms with Gasteiger partial charge in [0.1, 0.15) is 18.1 Å². The van der Waals surface area contributed by atoms with Crippen molar-refractivity contribution in [2.45, 2.75) is 52.1 Å². The molecule has 0 radical (unpaired) electrons. The van der Waals surface area contributed by atoms with E-state index in [-0.39, 0.29) is 5.91 Å². The summed E-state index contributed by atoms with van der Waals surface area (Å²) in [5.74, 6) is 1.54. The van der Waals surface area contributed by atoms with E-state index in [0.717, 1.165) is 29.9 Å². The van der Waals surface area contributed by atoms with Gasteiger partial charge in [0.05, 0.1) is 6.54 Å². The zero-order valence-electron chi connectivity index (χ0n) is 16.3. The SMILES string of the molecule is CCC(Oc1ccc2c(c1)CCCC2)C(=O)NCCOc1ccccc1C. The maximum absolute atomic E-state index is 12.5. The number of fused-ring (bicyclic) bond motifs is 1. The van der Waals surface area contributed by atoms with Crippen LogP contribution in [0.1, 0.15) is 42.9 Å². The number of para-hydroxylation sites is 1. The lowest BCUT2D eigenvalue weighted by molar-refractivity contribution is -0.128. The van der Waals surface area contributed by atoms with Gasteiger partial charge >= 0.3 is 0 Å². The summed E-state index contributed by atoms with van der Waals surface area (Å²) in [7, 11) is 0. The van der Waals surface area contributed by atoms with E-state index in [4.69, 9.17) is 9.47 Å². The smallest absolute Gasteiger partial charge is 0.261 e. The molecule has 3 rings (SSSR count). The molecule has 1 atom stereocenters. The second-order valence-corrected chi connectivity index (χ2v) is 7.06. The van der Waals surface area contributed by atoms with Crippen LogP contribution in [0.15, 0.2) is 42.5 Å². The lowest BCUT2D eigenvalue weighted by Crippen LogP contribution is -2.39. The van der Waals surface area contributed by atoms with Crippen LogP contribution in [-0.4, -0.2) is 25.2 Å². The van der Waals surface area contributed by atoms with Crippen molar-refractivity contribution >= 4 is 5.91 Å². The minimum atomic E-state index is -0.481. The molecule has 4 heteroatoms. The third-order valence-electron chi connectivity index (χ3n) is 5.01. The number of hydrogen-bond acceptors (Lipinski definition) is 3. The molecule has 144 valence electrons. The number of aryl methyl sites for hydroxylation is 3. The van der Waals surface area contributed by atoms with Gasteiger partial charge in [-0.2, -0.15) is 0 Å². The summed E-state index contributed by atoms with van der Waals surface area (Å²) in [5, 5.41) is 2.92. The van der Waals surface area contributed by atoms with Crippen molar-refractivity contribution in [2.75, 3.05) is 13.2 Å². The van der Waals surface area contributed by atoms with Crippen LogP contribution in [0, 0.1) is 6.92 Å². The first-order chi connectivity index (χ1) is 13.2. The number of rotatable bonds is 8. The van der Waals surface area contributed by atoms with E-state index in [0.29, 0.717) is 19.6 Å². The van der Waals surface area contributed by atoms with Crippen LogP contribution in [0.5, 0.6) is 11.5 Å². The Morgan fingerprint density at radius 2 is 1.89 bits per heavy atom. The zero-order chi connectivity index (χ0) is 19.1. The van der Waals surface area contributed by atoms with Gasteiger partial charge in [-0.1, -0.05) is 31.2 Å². The number of benzene rings is 2. The molecule has 0 aliphatic heterocycles. The van der Waals surface area contributed by atoms with Gasteiger partial charge in [-0.3, -0.25) is 4.79 Å². The van der Waals surface area contributed by atoms with Gasteiger partial charge in [0.25, 0.3) is 5.91 Å². The Morgan fingerprint density at radius 3 is 2.67 bits per heavy atom. The Morgan fingerprint density at radius 1 is 1.11 bits per heavy atom. The molecule has 0 aromatic heterocycles. The van der Waals surface area contributed by atoms with Crippen molar-refractivity contribution < 1.29 is 14.3 Å². The van der Waals surface area contributed by atoms with Crippen LogP contribution >= 0.6 is 0 Å². The first kappa shape index (κ1) is 19.3. The van der Waals surface area contributed by atoms with E-state index in [1.165, 1.54) is 24.0 Å². The molecule has 0 saturated heterocycles. The average Bonchev–Trinajstić information content (AvgIpc) is 2.70. The maximum Gasteiger partial charge on any atom is 0.261 e. The van der Waals surface area contributed by atoms with Crippen LogP contribution in [0.4, 0.5) is 0 Å². The molecule has 0 fully saturated rings. The van der Waals surface area contributed by atoms with E-state index in [1.807, 2.05) is 44.2 Å². The molecule has 2 aromatic carbocycles. The molecule has 0 bridgehead atoms. The summed E-state index contributed by atoms with van der Waals surface area (Å²) >= 11 is 0. The van der Waals surface area contributed by atoms with Crippen LogP contribution in [0.3, 0.4) is 0 Å². The Labute approximate surface area is 161 Å². The molecule has 4 nitrogen and oxygen atoms in total. The molecule has 0 saturated carbocycles. The molecule has 0 spiro atoms. The highest BCUT2D eigenvalue weighted by molar-refractivity contribution is 5.81. The standard InChI is InChI=1S/C23H29NO3/c1-3-21(27-20-13-12-18-9-5-6-10-19(18)16-20)23(25)24-14-15-26-22-11-7-4-8-17(22)2/h4,7-8,11-13,16,21H,3,5-6,9-10,14-15H2,1-2H3,(H,24,25). The highest BCUT2D eigenvalue weighted by Crippen LogP contribution is 2.26. The Bertz CT molecular complexity index is 772. The molecular formula is C23H29NO3. The summed E-state index contributed by atoms with van der Waals surface area (Å²) in [6, 6.07) is 14.1. The van der Waals surface area contributed by atoms with Gasteiger partial charge in [0.2, 0.25) is 0 Å². The van der Waals surface area contributed by atoms with Crippen LogP contribution in [-0.2, 0) is 17.6 Å². The Balaban J connectivity index is 1.48. The number of nitrogens with one attached hydrogen (secondary N) is 1. The van der Waals surface area contributed by atoms with Crippen LogP contribution in [0.2, 0.25) is 0 Å². The zero-order valence-corrected chi connectivity index (χ0v) is 16.3. The maximum atomic E-state index is 12.5. The Hall–Kier alpha value is -2.49. The summed E-state index contributed by atoms with van der Waals surface area (Å²) in [6.45, 7) is 4.86. The van der Waals surface area contributed by atoms with Crippen molar-refractivity contribution in [1.82, 2.24) is 5.32 Å². The van der Waals surface area contributed by atoms with Gasteiger partial charge in [-0.05, 0) is 73.9 Å². The van der Waals surface area contributed by atoms with Crippen molar-refractivity contribution in [3.63, 3.8) is 0 Å². The minimum absolute atomic E-state index is 0.0939. The molecule has 1 aliphatic rings. The highest BCUT2D eigenvalue weighted by atomic mass is 16.5. The molecule has 1 N–H and O–H groups in total. The van der Waals surface area contributed by atoms with Crippen molar-refractivity contribution in [3.8, 4) is 11.5 Å². The van der Waals surface area contributed by atoms with Crippen molar-refractivity contribution in [3.05, 3.63) is 59.2 Å². The second kappa shape index (κ2) is 9.45. The largest absolute Gasteiger partial charge is 0.491 e. The molecule has 1 unspecified atom stereocenters. The first-order valence-corrected chi connectivity index (χ1v) is 9.92. The molecule has 1 amide bonds. The van der Waals surface area contributed by atoms with E-state index < -0.39 is 6.10 Å². The summed E-state index contributed by atoms with van der Waals surface area (Å²) in [6.07, 6.45) is 4.89. The van der Waals surface area contributed by atoms with Gasteiger partial charge in [-0.15, -0.1) is 0 Å². The van der Waals surface area contributed by atoms with Gasteiger partial charge < -0.3 is 14.8 Å². The highest BCUT2D eigenvalue weighted by Gasteiger charge is 2.19. The lowest BCUT2D eigenvalue weighted by Gasteiger charge is -2.20. The molecular weight excluding hydrogens is 338 g/mol. The molecule has 27 heavy (non-hydrogen) atoms. The fourth-order valence-corrected chi connectivity index (χ4v) is 3.44. The average molecular weight is 367 g/mol. The van der Waals surface area contributed by atoms with Crippen LogP contribution < -0.4 is 14.8 Å². The van der Waals surface area contributed by atoms with Crippen molar-refractivity contribution in [1.29, 1.82) is 0 Å². The third-order valence-corrected chi connectivity index (χ3v) is 5.01. The molecule has 1 aliphatic carbocycles. The fourth-order valence-electron chi connectivity index (χ4n) is 3.44. The number of carbonyl (C=O) groups excluding carboxylic acids is 1. The minimum Gasteiger partial charge on any atom is -0.491 e. The number of ether oxygens (including phenoxy) is 2. The number of hydrogen-bond donors (Lipinski definition) is 1.